The summed E-state index contributed by atoms with van der Waals surface area (Å²) in [5.74, 6) is -0.607. The van der Waals surface area contributed by atoms with Crippen molar-refractivity contribution in [2.75, 3.05) is 11.1 Å². The van der Waals surface area contributed by atoms with E-state index in [4.69, 9.17) is 5.73 Å². The van der Waals surface area contributed by atoms with E-state index >= 15 is 0 Å². The number of aryl methyl sites for hydroxylation is 1. The first-order valence-corrected chi connectivity index (χ1v) is 8.75. The fourth-order valence-electron chi connectivity index (χ4n) is 2.75. The lowest BCUT2D eigenvalue weighted by Crippen LogP contribution is -2.43. The maximum Gasteiger partial charge on any atom is 0.332 e. The van der Waals surface area contributed by atoms with Crippen LogP contribution >= 0.6 is 11.3 Å². The third-order valence-electron chi connectivity index (χ3n) is 4.23. The molecule has 3 rings (SSSR count). The van der Waals surface area contributed by atoms with Gasteiger partial charge in [-0.1, -0.05) is 0 Å². The molecule has 26 heavy (non-hydrogen) atoms. The first-order valence-electron chi connectivity index (χ1n) is 7.94. The van der Waals surface area contributed by atoms with Crippen LogP contribution in [-0.2, 0) is 14.1 Å². The van der Waals surface area contributed by atoms with E-state index < -0.39 is 23.1 Å². The number of nitrogens with one attached hydrogen (secondary N) is 1. The van der Waals surface area contributed by atoms with Gasteiger partial charge in [-0.2, -0.15) is 0 Å². The average molecular weight is 373 g/mol. The van der Waals surface area contributed by atoms with Crippen LogP contribution in [0.5, 0.6) is 0 Å². The third-order valence-corrected chi connectivity index (χ3v) is 5.16. The number of nitrogens with two attached hydrogens (primary N) is 1. The first-order chi connectivity index (χ1) is 12.2. The standard InChI is InChI=1S/C17H19N5O3S/c1-8(19-10-5-6-11-12(7-10)26-9(2)20-11)14(23)13-15(18)21(3)17(25)22(4)16(13)24/h5-8,19H,18H2,1-4H3. The summed E-state index contributed by atoms with van der Waals surface area (Å²) in [5.41, 5.74) is 6.03. The summed E-state index contributed by atoms with van der Waals surface area (Å²) >= 11 is 1.56. The minimum absolute atomic E-state index is 0.134. The van der Waals surface area contributed by atoms with Gasteiger partial charge in [-0.25, -0.2) is 9.78 Å². The normalized spacial score (nSPS) is 12.3. The molecule has 1 atom stereocenters. The Hall–Kier alpha value is -2.94. The van der Waals surface area contributed by atoms with Gasteiger partial charge in [-0.15, -0.1) is 11.3 Å². The highest BCUT2D eigenvalue weighted by atomic mass is 32.1. The Kier molecular flexibility index (Phi) is 4.41. The number of nitrogen functional groups attached to an aromatic ring is 1. The molecule has 9 heteroatoms. The number of Topliss-reactive ketones (excluding diaryl/α,β-unsaturated/α-hetero) is 1. The number of rotatable bonds is 4. The van der Waals surface area contributed by atoms with Gasteiger partial charge in [-0.3, -0.25) is 18.7 Å². The number of hydrogen-bond acceptors (Lipinski definition) is 7. The summed E-state index contributed by atoms with van der Waals surface area (Å²) in [6.07, 6.45) is 0. The Morgan fingerprint density at radius 1 is 1.27 bits per heavy atom. The van der Waals surface area contributed by atoms with E-state index in [9.17, 15) is 14.4 Å². The van der Waals surface area contributed by atoms with E-state index in [0.717, 1.165) is 30.0 Å². The number of aromatic nitrogens is 3. The first kappa shape index (κ1) is 17.9. The van der Waals surface area contributed by atoms with Crippen LogP contribution in [0.2, 0.25) is 0 Å². The Morgan fingerprint density at radius 3 is 2.65 bits per heavy atom. The van der Waals surface area contributed by atoms with Gasteiger partial charge in [0.2, 0.25) is 0 Å². The number of carbonyl (C=O) groups is 1. The van der Waals surface area contributed by atoms with Gasteiger partial charge in [-0.05, 0) is 32.0 Å². The number of ketones is 1. The lowest BCUT2D eigenvalue weighted by atomic mass is 10.1. The maximum atomic E-state index is 12.8. The van der Waals surface area contributed by atoms with E-state index in [1.165, 1.54) is 14.1 Å². The smallest absolute Gasteiger partial charge is 0.332 e. The second-order valence-electron chi connectivity index (χ2n) is 6.11. The SMILES string of the molecule is Cc1nc2ccc(NC(C)C(=O)c3c(N)n(C)c(=O)n(C)c3=O)cc2s1. The Balaban J connectivity index is 1.95. The van der Waals surface area contributed by atoms with Gasteiger partial charge >= 0.3 is 5.69 Å². The molecule has 0 spiro atoms. The molecule has 2 heterocycles. The van der Waals surface area contributed by atoms with Crippen molar-refractivity contribution in [1.29, 1.82) is 0 Å². The van der Waals surface area contributed by atoms with Crippen LogP contribution in [0.4, 0.5) is 11.5 Å². The van der Waals surface area contributed by atoms with Crippen molar-refractivity contribution >= 4 is 38.8 Å². The number of benzene rings is 1. The maximum absolute atomic E-state index is 12.8. The summed E-state index contributed by atoms with van der Waals surface area (Å²) < 4.78 is 2.97. The average Bonchev–Trinajstić information content (AvgIpc) is 2.97. The highest BCUT2D eigenvalue weighted by Gasteiger charge is 2.24. The van der Waals surface area contributed by atoms with E-state index in [-0.39, 0.29) is 11.4 Å². The molecule has 0 radical (unpaired) electrons. The lowest BCUT2D eigenvalue weighted by molar-refractivity contribution is 0.0973. The summed E-state index contributed by atoms with van der Waals surface area (Å²) in [4.78, 5) is 41.4. The quantitative estimate of drug-likeness (QED) is 0.666. The molecule has 1 unspecified atom stereocenters. The summed E-state index contributed by atoms with van der Waals surface area (Å²) in [7, 11) is 2.74. The Bertz CT molecular complexity index is 1140. The Morgan fingerprint density at radius 2 is 1.96 bits per heavy atom. The van der Waals surface area contributed by atoms with E-state index in [1.807, 2.05) is 25.1 Å². The van der Waals surface area contributed by atoms with Crippen molar-refractivity contribution in [3.8, 4) is 0 Å². The number of nitrogens with zero attached hydrogens (tertiary/aromatic N) is 3. The molecule has 0 amide bonds. The second-order valence-corrected chi connectivity index (χ2v) is 7.35. The third kappa shape index (κ3) is 2.90. The molecule has 0 aliphatic rings. The molecule has 1 aromatic carbocycles. The fraction of sp³-hybridized carbons (Fsp3) is 0.294. The van der Waals surface area contributed by atoms with Gasteiger partial charge < -0.3 is 11.1 Å². The molecular weight excluding hydrogens is 354 g/mol. The van der Waals surface area contributed by atoms with Gasteiger partial charge in [0.15, 0.2) is 5.78 Å². The second kappa shape index (κ2) is 6.41. The zero-order valence-electron chi connectivity index (χ0n) is 14.9. The van der Waals surface area contributed by atoms with Gasteiger partial charge in [0, 0.05) is 19.8 Å². The highest BCUT2D eigenvalue weighted by Crippen LogP contribution is 2.25. The van der Waals surface area contributed by atoms with E-state index in [2.05, 4.69) is 10.3 Å². The molecule has 0 fully saturated rings. The topological polar surface area (TPSA) is 112 Å². The molecule has 3 aromatic rings. The van der Waals surface area contributed by atoms with Crippen molar-refractivity contribution < 1.29 is 4.79 Å². The highest BCUT2D eigenvalue weighted by molar-refractivity contribution is 7.18. The van der Waals surface area contributed by atoms with Gasteiger partial charge in [0.25, 0.3) is 5.56 Å². The predicted octanol–water partition coefficient (Wildman–Crippen LogP) is 1.27. The molecule has 0 aliphatic heterocycles. The molecule has 8 nitrogen and oxygen atoms in total. The number of fused-ring (bicyclic) bond motifs is 1. The van der Waals surface area contributed by atoms with Gasteiger partial charge in [0.1, 0.15) is 11.4 Å². The van der Waals surface area contributed by atoms with Crippen LogP contribution in [0.1, 0.15) is 22.3 Å². The van der Waals surface area contributed by atoms with Crippen LogP contribution in [-0.4, -0.2) is 25.9 Å². The molecule has 136 valence electrons. The molecular formula is C17H19N5O3S. The minimum atomic E-state index is -0.700. The van der Waals surface area contributed by atoms with Crippen molar-refractivity contribution in [1.82, 2.24) is 14.1 Å². The predicted molar refractivity (Wildman–Crippen MR) is 103 cm³/mol. The fourth-order valence-corrected chi connectivity index (χ4v) is 3.62. The molecule has 0 saturated heterocycles. The number of thiazole rings is 1. The summed E-state index contributed by atoms with van der Waals surface area (Å²) in [6.45, 7) is 3.58. The summed E-state index contributed by atoms with van der Waals surface area (Å²) in [6, 6.07) is 4.91. The van der Waals surface area contributed by atoms with Crippen LogP contribution < -0.4 is 22.3 Å². The lowest BCUT2D eigenvalue weighted by Gasteiger charge is -2.16. The minimum Gasteiger partial charge on any atom is -0.384 e. The van der Waals surface area contributed by atoms with Crippen molar-refractivity contribution in [2.45, 2.75) is 19.9 Å². The molecule has 2 aromatic heterocycles. The summed E-state index contributed by atoms with van der Waals surface area (Å²) in [5, 5.41) is 4.05. The van der Waals surface area contributed by atoms with Crippen LogP contribution in [0, 0.1) is 6.92 Å². The zero-order valence-corrected chi connectivity index (χ0v) is 15.7. The molecule has 0 aliphatic carbocycles. The number of carbonyl (C=O) groups excluding carboxylic acids is 1. The number of anilines is 2. The monoisotopic (exact) mass is 373 g/mol. The zero-order chi connectivity index (χ0) is 19.2. The van der Waals surface area contributed by atoms with Gasteiger partial charge in [0.05, 0.1) is 21.3 Å². The van der Waals surface area contributed by atoms with Crippen LogP contribution in [0.25, 0.3) is 10.2 Å². The molecule has 0 saturated carbocycles. The van der Waals surface area contributed by atoms with E-state index in [0.29, 0.717) is 0 Å². The van der Waals surface area contributed by atoms with E-state index in [1.54, 1.807) is 18.3 Å². The van der Waals surface area contributed by atoms with Crippen molar-refractivity contribution in [3.63, 3.8) is 0 Å². The largest absolute Gasteiger partial charge is 0.384 e. The molecule has 0 bridgehead atoms. The Labute approximate surface area is 152 Å². The van der Waals surface area contributed by atoms with Crippen molar-refractivity contribution in [3.05, 3.63) is 49.6 Å². The van der Waals surface area contributed by atoms with Crippen molar-refractivity contribution in [2.24, 2.45) is 14.1 Å². The van der Waals surface area contributed by atoms with Crippen LogP contribution in [0.15, 0.2) is 27.8 Å². The van der Waals surface area contributed by atoms with Crippen LogP contribution in [0.3, 0.4) is 0 Å². The molecule has 3 N–H and O–H groups in total. The number of hydrogen-bond donors (Lipinski definition) is 2.